The molecule has 2 N–H and O–H groups in total. The molecule has 3 aromatic carbocycles. The first kappa shape index (κ1) is 20.3. The Balaban J connectivity index is 1.74. The van der Waals surface area contributed by atoms with Crippen LogP contribution in [0.15, 0.2) is 59.6 Å². The lowest BCUT2D eigenvalue weighted by Crippen LogP contribution is -1.98. The topological polar surface area (TPSA) is 56.8 Å². The standard InChI is InChI=1S/C21H17Cl3N2O2/c1-27-20-8-14(11-26-16-9-17(23)21(25)18(24)10-16)4-7-19(20)28-12-13-2-5-15(22)6-3-13/h2-11H,12,25H2,1H3. The molecule has 7 heteroatoms. The van der Waals surface area contributed by atoms with Crippen LogP contribution in [-0.4, -0.2) is 13.3 Å². The number of aliphatic imine (C=N–C) groups is 1. The van der Waals surface area contributed by atoms with Gasteiger partial charge in [0.15, 0.2) is 11.5 Å². The summed E-state index contributed by atoms with van der Waals surface area (Å²) >= 11 is 18.0. The molecule has 0 unspecified atom stereocenters. The minimum absolute atomic E-state index is 0.339. The van der Waals surface area contributed by atoms with Crippen LogP contribution in [0.2, 0.25) is 15.1 Å². The van der Waals surface area contributed by atoms with Crippen molar-refractivity contribution >= 4 is 52.4 Å². The summed E-state index contributed by atoms with van der Waals surface area (Å²) < 4.78 is 11.3. The highest BCUT2D eigenvalue weighted by atomic mass is 35.5. The highest BCUT2D eigenvalue weighted by Gasteiger charge is 2.07. The molecule has 0 aliphatic heterocycles. The number of hydrogen-bond acceptors (Lipinski definition) is 4. The number of nitrogen functional groups attached to an aromatic ring is 1. The second-order valence-corrected chi connectivity index (χ2v) is 7.16. The molecule has 0 heterocycles. The second-order valence-electron chi connectivity index (χ2n) is 5.91. The van der Waals surface area contributed by atoms with Crippen LogP contribution >= 0.6 is 34.8 Å². The number of methoxy groups -OCH3 is 1. The number of rotatable bonds is 6. The van der Waals surface area contributed by atoms with E-state index in [1.165, 1.54) is 0 Å². The fourth-order valence-electron chi connectivity index (χ4n) is 2.42. The molecule has 0 bridgehead atoms. The SMILES string of the molecule is COc1cc(C=Nc2cc(Cl)c(N)c(Cl)c2)ccc1OCc1ccc(Cl)cc1. The summed E-state index contributed by atoms with van der Waals surface area (Å²) in [6.45, 7) is 0.406. The third-order valence-corrected chi connectivity index (χ3v) is 4.80. The Labute approximate surface area is 178 Å². The molecule has 4 nitrogen and oxygen atoms in total. The maximum atomic E-state index is 6.04. The average molecular weight is 436 g/mol. The van der Waals surface area contributed by atoms with E-state index in [0.29, 0.717) is 44.5 Å². The highest BCUT2D eigenvalue weighted by Crippen LogP contribution is 2.33. The van der Waals surface area contributed by atoms with Gasteiger partial charge in [0, 0.05) is 11.2 Å². The van der Waals surface area contributed by atoms with Crippen molar-refractivity contribution in [1.82, 2.24) is 0 Å². The van der Waals surface area contributed by atoms with E-state index < -0.39 is 0 Å². The van der Waals surface area contributed by atoms with E-state index in [1.807, 2.05) is 42.5 Å². The van der Waals surface area contributed by atoms with Gasteiger partial charge in [0.2, 0.25) is 0 Å². The minimum atomic E-state index is 0.339. The molecular weight excluding hydrogens is 419 g/mol. The molecule has 0 radical (unpaired) electrons. The normalized spacial score (nSPS) is 11.0. The van der Waals surface area contributed by atoms with Crippen molar-refractivity contribution in [2.24, 2.45) is 4.99 Å². The van der Waals surface area contributed by atoms with Gasteiger partial charge in [-0.3, -0.25) is 4.99 Å². The van der Waals surface area contributed by atoms with E-state index in [9.17, 15) is 0 Å². The van der Waals surface area contributed by atoms with Crippen LogP contribution in [0.25, 0.3) is 0 Å². The van der Waals surface area contributed by atoms with Gasteiger partial charge in [-0.25, -0.2) is 0 Å². The molecular formula is C21H17Cl3N2O2. The molecule has 0 aromatic heterocycles. The zero-order chi connectivity index (χ0) is 20.1. The zero-order valence-electron chi connectivity index (χ0n) is 15.0. The summed E-state index contributed by atoms with van der Waals surface area (Å²) in [5.41, 5.74) is 8.52. The molecule has 0 spiro atoms. The number of ether oxygens (including phenoxy) is 2. The van der Waals surface area contributed by atoms with Gasteiger partial charge in [-0.05, 0) is 53.6 Å². The Morgan fingerprint density at radius 2 is 1.61 bits per heavy atom. The van der Waals surface area contributed by atoms with Gasteiger partial charge in [0.05, 0.1) is 28.5 Å². The van der Waals surface area contributed by atoms with Crippen LogP contribution in [0.5, 0.6) is 11.5 Å². The molecule has 28 heavy (non-hydrogen) atoms. The molecule has 3 rings (SSSR count). The zero-order valence-corrected chi connectivity index (χ0v) is 17.2. The van der Waals surface area contributed by atoms with E-state index in [2.05, 4.69) is 4.99 Å². The molecule has 0 saturated carbocycles. The van der Waals surface area contributed by atoms with E-state index in [-0.39, 0.29) is 0 Å². The van der Waals surface area contributed by atoms with Gasteiger partial charge >= 0.3 is 0 Å². The Kier molecular flexibility index (Phi) is 6.68. The quantitative estimate of drug-likeness (QED) is 0.352. The lowest BCUT2D eigenvalue weighted by Gasteiger charge is -2.11. The van der Waals surface area contributed by atoms with Gasteiger partial charge in [-0.2, -0.15) is 0 Å². The van der Waals surface area contributed by atoms with Crippen molar-refractivity contribution in [3.05, 3.63) is 80.8 Å². The van der Waals surface area contributed by atoms with Crippen molar-refractivity contribution in [2.75, 3.05) is 12.8 Å². The van der Waals surface area contributed by atoms with Crippen molar-refractivity contribution in [3.63, 3.8) is 0 Å². The smallest absolute Gasteiger partial charge is 0.161 e. The van der Waals surface area contributed by atoms with Crippen LogP contribution < -0.4 is 15.2 Å². The molecule has 0 atom stereocenters. The first-order valence-electron chi connectivity index (χ1n) is 8.30. The Hall–Kier alpha value is -2.40. The third-order valence-electron chi connectivity index (χ3n) is 3.92. The third kappa shape index (κ3) is 5.10. The molecule has 3 aromatic rings. The van der Waals surface area contributed by atoms with Crippen molar-refractivity contribution in [3.8, 4) is 11.5 Å². The fourth-order valence-corrected chi connectivity index (χ4v) is 3.02. The highest BCUT2D eigenvalue weighted by molar-refractivity contribution is 6.39. The van der Waals surface area contributed by atoms with Gasteiger partial charge in [0.1, 0.15) is 6.61 Å². The Morgan fingerprint density at radius 3 is 2.25 bits per heavy atom. The number of halogens is 3. The predicted molar refractivity (Wildman–Crippen MR) is 117 cm³/mol. The van der Waals surface area contributed by atoms with E-state index in [1.54, 1.807) is 25.5 Å². The van der Waals surface area contributed by atoms with Crippen molar-refractivity contribution < 1.29 is 9.47 Å². The molecule has 0 saturated heterocycles. The average Bonchev–Trinajstić information content (AvgIpc) is 2.70. The lowest BCUT2D eigenvalue weighted by molar-refractivity contribution is 0.284. The summed E-state index contributed by atoms with van der Waals surface area (Å²) in [6, 6.07) is 16.3. The van der Waals surface area contributed by atoms with Gasteiger partial charge in [-0.15, -0.1) is 0 Å². The number of nitrogens with two attached hydrogens (primary N) is 1. The maximum Gasteiger partial charge on any atom is 0.161 e. The summed E-state index contributed by atoms with van der Waals surface area (Å²) in [6.07, 6.45) is 1.68. The van der Waals surface area contributed by atoms with Crippen LogP contribution in [-0.2, 0) is 6.61 Å². The summed E-state index contributed by atoms with van der Waals surface area (Å²) in [5, 5.41) is 1.42. The molecule has 0 aliphatic carbocycles. The molecule has 0 aliphatic rings. The number of nitrogens with zero attached hydrogens (tertiary/aromatic N) is 1. The van der Waals surface area contributed by atoms with E-state index >= 15 is 0 Å². The second kappa shape index (κ2) is 9.20. The van der Waals surface area contributed by atoms with E-state index in [0.717, 1.165) is 11.1 Å². The molecule has 0 amide bonds. The largest absolute Gasteiger partial charge is 0.493 e. The minimum Gasteiger partial charge on any atom is -0.493 e. The Morgan fingerprint density at radius 1 is 0.929 bits per heavy atom. The number of anilines is 1. The maximum absolute atomic E-state index is 6.04. The Bertz CT molecular complexity index is 982. The van der Waals surface area contributed by atoms with Crippen molar-refractivity contribution in [2.45, 2.75) is 6.61 Å². The van der Waals surface area contributed by atoms with Gasteiger partial charge in [-0.1, -0.05) is 46.9 Å². The fraction of sp³-hybridized carbons (Fsp3) is 0.0952. The molecule has 144 valence electrons. The first-order valence-corrected chi connectivity index (χ1v) is 9.43. The van der Waals surface area contributed by atoms with Crippen LogP contribution in [0.3, 0.4) is 0 Å². The lowest BCUT2D eigenvalue weighted by atomic mass is 10.2. The summed E-state index contributed by atoms with van der Waals surface area (Å²) in [7, 11) is 1.59. The van der Waals surface area contributed by atoms with Crippen LogP contribution in [0, 0.1) is 0 Å². The summed E-state index contributed by atoms with van der Waals surface area (Å²) in [5.74, 6) is 1.24. The predicted octanol–water partition coefficient (Wildman–Crippen LogP) is 6.57. The van der Waals surface area contributed by atoms with Crippen LogP contribution in [0.4, 0.5) is 11.4 Å². The number of benzene rings is 3. The number of hydrogen-bond donors (Lipinski definition) is 1. The molecule has 0 fully saturated rings. The summed E-state index contributed by atoms with van der Waals surface area (Å²) in [4.78, 5) is 4.39. The van der Waals surface area contributed by atoms with Gasteiger partial charge < -0.3 is 15.2 Å². The van der Waals surface area contributed by atoms with Crippen molar-refractivity contribution in [1.29, 1.82) is 0 Å². The van der Waals surface area contributed by atoms with Gasteiger partial charge in [0.25, 0.3) is 0 Å². The van der Waals surface area contributed by atoms with Crippen LogP contribution in [0.1, 0.15) is 11.1 Å². The first-order chi connectivity index (χ1) is 13.5. The monoisotopic (exact) mass is 434 g/mol. The van der Waals surface area contributed by atoms with E-state index in [4.69, 9.17) is 50.0 Å².